The van der Waals surface area contributed by atoms with Crippen molar-refractivity contribution in [1.29, 1.82) is 0 Å². The molecule has 0 spiro atoms. The van der Waals surface area contributed by atoms with E-state index >= 15 is 0 Å². The average Bonchev–Trinajstić information content (AvgIpc) is 3.12. The lowest BCUT2D eigenvalue weighted by molar-refractivity contribution is -0.119. The molecule has 0 saturated carbocycles. The fraction of sp³-hybridized carbons (Fsp3) is 0.235. The van der Waals surface area contributed by atoms with Crippen LogP contribution in [0.25, 0.3) is 0 Å². The summed E-state index contributed by atoms with van der Waals surface area (Å²) in [5.41, 5.74) is 6.44. The number of phenolic OH excluding ortho intramolecular Hbond substituents is 2. The van der Waals surface area contributed by atoms with Crippen LogP contribution in [0.2, 0.25) is 0 Å². The minimum Gasteiger partial charge on any atom is -0.508 e. The Kier molecular flexibility index (Phi) is 4.81. The van der Waals surface area contributed by atoms with Crippen molar-refractivity contribution in [2.45, 2.75) is 19.3 Å². The fourth-order valence-electron chi connectivity index (χ4n) is 2.82. The van der Waals surface area contributed by atoms with E-state index in [4.69, 9.17) is 10.5 Å². The maximum absolute atomic E-state index is 12.1. The van der Waals surface area contributed by atoms with Gasteiger partial charge in [0.2, 0.25) is 0 Å². The molecule has 9 heteroatoms. The maximum Gasteiger partial charge on any atom is 0.342 e. The third kappa shape index (κ3) is 3.47. The molecule has 0 saturated heterocycles. The van der Waals surface area contributed by atoms with E-state index < -0.39 is 30.1 Å². The largest absolute Gasteiger partial charge is 0.508 e. The molecule has 0 bridgehead atoms. The van der Waals surface area contributed by atoms with E-state index in [0.717, 1.165) is 35.8 Å². The molecule has 0 atom stereocenters. The summed E-state index contributed by atoms with van der Waals surface area (Å²) in [4.78, 5) is 36.7. The Bertz CT molecular complexity index is 905. The van der Waals surface area contributed by atoms with E-state index in [2.05, 4.69) is 5.32 Å². The number of aromatic hydroxyl groups is 2. The number of rotatable bonds is 5. The number of fused-ring (bicyclic) bond motifs is 1. The van der Waals surface area contributed by atoms with Gasteiger partial charge in [-0.1, -0.05) is 0 Å². The Hall–Kier alpha value is -3.07. The average molecular weight is 376 g/mol. The van der Waals surface area contributed by atoms with Crippen LogP contribution in [0.4, 0.5) is 5.00 Å². The molecular weight excluding hydrogens is 360 g/mol. The molecule has 2 amide bonds. The molecule has 1 heterocycles. The molecule has 8 nitrogen and oxygen atoms in total. The van der Waals surface area contributed by atoms with Crippen molar-refractivity contribution >= 4 is 34.1 Å². The van der Waals surface area contributed by atoms with Crippen LogP contribution >= 0.6 is 11.3 Å². The molecule has 0 aliphatic heterocycles. The normalized spacial score (nSPS) is 12.5. The van der Waals surface area contributed by atoms with Crippen LogP contribution in [-0.2, 0) is 22.4 Å². The molecule has 1 aromatic carbocycles. The fourth-order valence-corrected chi connectivity index (χ4v) is 4.13. The zero-order valence-electron chi connectivity index (χ0n) is 13.6. The van der Waals surface area contributed by atoms with Gasteiger partial charge < -0.3 is 26.0 Å². The van der Waals surface area contributed by atoms with Gasteiger partial charge in [-0.2, -0.15) is 0 Å². The number of nitrogens with two attached hydrogens (primary N) is 1. The zero-order valence-corrected chi connectivity index (χ0v) is 14.4. The van der Waals surface area contributed by atoms with Crippen LogP contribution < -0.4 is 11.1 Å². The Morgan fingerprint density at radius 2 is 2.00 bits per heavy atom. The number of phenols is 2. The van der Waals surface area contributed by atoms with Crippen molar-refractivity contribution in [2.24, 2.45) is 5.73 Å². The Balaban J connectivity index is 1.65. The van der Waals surface area contributed by atoms with Gasteiger partial charge in [0.05, 0.1) is 5.56 Å². The molecule has 1 aliphatic rings. The van der Waals surface area contributed by atoms with E-state index in [-0.39, 0.29) is 11.3 Å². The Labute approximate surface area is 152 Å². The highest BCUT2D eigenvalue weighted by molar-refractivity contribution is 7.17. The Morgan fingerprint density at radius 3 is 2.69 bits per heavy atom. The second-order valence-corrected chi connectivity index (χ2v) is 6.86. The van der Waals surface area contributed by atoms with Gasteiger partial charge in [-0.15, -0.1) is 11.3 Å². The molecule has 0 fully saturated rings. The second-order valence-electron chi connectivity index (χ2n) is 5.75. The minimum absolute atomic E-state index is 0.177. The number of hydrogen-bond acceptors (Lipinski definition) is 7. The number of carbonyl (C=O) groups excluding carboxylic acids is 3. The quantitative estimate of drug-likeness (QED) is 0.584. The highest BCUT2D eigenvalue weighted by Crippen LogP contribution is 2.38. The van der Waals surface area contributed by atoms with Gasteiger partial charge in [0, 0.05) is 10.9 Å². The molecule has 5 N–H and O–H groups in total. The van der Waals surface area contributed by atoms with Crippen LogP contribution in [0.1, 0.15) is 37.6 Å². The lowest BCUT2D eigenvalue weighted by Gasteiger charge is -2.08. The second kappa shape index (κ2) is 7.04. The number of ether oxygens (including phenoxy) is 1. The predicted octanol–water partition coefficient (Wildman–Crippen LogP) is 1.54. The van der Waals surface area contributed by atoms with Crippen molar-refractivity contribution in [3.63, 3.8) is 0 Å². The molecule has 0 unspecified atom stereocenters. The molecule has 1 aliphatic carbocycles. The first kappa shape index (κ1) is 17.7. The van der Waals surface area contributed by atoms with E-state index in [1.807, 2.05) is 0 Å². The summed E-state index contributed by atoms with van der Waals surface area (Å²) in [6.45, 7) is -0.597. The summed E-state index contributed by atoms with van der Waals surface area (Å²) >= 11 is 1.30. The van der Waals surface area contributed by atoms with Gasteiger partial charge in [0.15, 0.2) is 6.61 Å². The summed E-state index contributed by atoms with van der Waals surface area (Å²) in [5, 5.41) is 21.7. The molecule has 0 radical (unpaired) electrons. The van der Waals surface area contributed by atoms with Gasteiger partial charge in [0.25, 0.3) is 11.8 Å². The molecule has 3 rings (SSSR count). The smallest absolute Gasteiger partial charge is 0.342 e. The van der Waals surface area contributed by atoms with Crippen LogP contribution in [0, 0.1) is 0 Å². The molecule has 2 aromatic rings. The number of aryl methyl sites for hydroxylation is 1. The van der Waals surface area contributed by atoms with Gasteiger partial charge in [-0.25, -0.2) is 4.79 Å². The van der Waals surface area contributed by atoms with Crippen LogP contribution in [0.3, 0.4) is 0 Å². The first-order valence-corrected chi connectivity index (χ1v) is 8.61. The molecule has 136 valence electrons. The first-order valence-electron chi connectivity index (χ1n) is 7.80. The van der Waals surface area contributed by atoms with Gasteiger partial charge in [0.1, 0.15) is 22.1 Å². The topological polar surface area (TPSA) is 139 Å². The lowest BCUT2D eigenvalue weighted by atomic mass is 10.1. The highest BCUT2D eigenvalue weighted by Gasteiger charge is 2.26. The Morgan fingerprint density at radius 1 is 1.23 bits per heavy atom. The number of carbonyl (C=O) groups is 3. The predicted molar refractivity (Wildman–Crippen MR) is 93.5 cm³/mol. The van der Waals surface area contributed by atoms with Crippen molar-refractivity contribution in [2.75, 3.05) is 11.9 Å². The van der Waals surface area contributed by atoms with Crippen molar-refractivity contribution in [1.82, 2.24) is 0 Å². The van der Waals surface area contributed by atoms with Crippen molar-refractivity contribution < 1.29 is 29.3 Å². The summed E-state index contributed by atoms with van der Waals surface area (Å²) < 4.78 is 4.86. The minimum atomic E-state index is -0.915. The highest BCUT2D eigenvalue weighted by atomic mass is 32.1. The summed E-state index contributed by atoms with van der Waals surface area (Å²) in [6.07, 6.45) is 2.53. The SMILES string of the molecule is NC(=O)c1c(NC(=O)COC(=O)c2ccc(O)cc2O)sc2c1CCC2. The molecular formula is C17H16N2O6S. The van der Waals surface area contributed by atoms with E-state index in [1.54, 1.807) is 0 Å². The zero-order chi connectivity index (χ0) is 18.8. The molecule has 26 heavy (non-hydrogen) atoms. The van der Waals surface area contributed by atoms with Gasteiger partial charge in [-0.05, 0) is 37.0 Å². The lowest BCUT2D eigenvalue weighted by Crippen LogP contribution is -2.22. The third-order valence-corrected chi connectivity index (χ3v) is 5.16. The maximum atomic E-state index is 12.1. The number of primary amides is 1. The summed E-state index contributed by atoms with van der Waals surface area (Å²) in [5.74, 6) is -2.81. The van der Waals surface area contributed by atoms with Gasteiger partial charge in [-0.3, -0.25) is 9.59 Å². The van der Waals surface area contributed by atoms with Gasteiger partial charge >= 0.3 is 5.97 Å². The van der Waals surface area contributed by atoms with Crippen molar-refractivity contribution in [3.8, 4) is 11.5 Å². The third-order valence-electron chi connectivity index (χ3n) is 3.96. The number of anilines is 1. The number of amides is 2. The number of benzene rings is 1. The number of nitrogens with one attached hydrogen (secondary N) is 1. The van der Waals surface area contributed by atoms with Crippen molar-refractivity contribution in [3.05, 3.63) is 39.8 Å². The van der Waals surface area contributed by atoms with Crippen LogP contribution in [0.5, 0.6) is 11.5 Å². The van der Waals surface area contributed by atoms with Crippen LogP contribution in [0.15, 0.2) is 18.2 Å². The van der Waals surface area contributed by atoms with Crippen LogP contribution in [-0.4, -0.2) is 34.6 Å². The number of hydrogen-bond donors (Lipinski definition) is 4. The number of esters is 1. The van der Waals surface area contributed by atoms with E-state index in [0.29, 0.717) is 10.6 Å². The summed E-state index contributed by atoms with van der Waals surface area (Å²) in [6, 6.07) is 3.38. The molecule has 1 aromatic heterocycles. The first-order chi connectivity index (χ1) is 12.4. The monoisotopic (exact) mass is 376 g/mol. The standard InChI is InChI=1S/C17H16N2O6S/c18-15(23)14-10-2-1-3-12(10)26-16(14)19-13(22)7-25-17(24)9-5-4-8(20)6-11(9)21/h4-6,20-21H,1-3,7H2,(H2,18,23)(H,19,22). The van der Waals surface area contributed by atoms with E-state index in [1.165, 1.54) is 23.5 Å². The van der Waals surface area contributed by atoms with E-state index in [9.17, 15) is 24.6 Å². The summed E-state index contributed by atoms with van der Waals surface area (Å²) in [7, 11) is 0. The number of thiophene rings is 1.